The van der Waals surface area contributed by atoms with E-state index >= 15 is 0 Å². The second-order valence-corrected chi connectivity index (χ2v) is 10.5. The first-order valence-electron chi connectivity index (χ1n) is 12.2. The second-order valence-electron chi connectivity index (χ2n) is 9.04. The van der Waals surface area contributed by atoms with E-state index in [9.17, 15) is 14.4 Å². The highest BCUT2D eigenvalue weighted by atomic mass is 35.5. The van der Waals surface area contributed by atoms with Crippen LogP contribution in [0.5, 0.6) is 0 Å². The van der Waals surface area contributed by atoms with Gasteiger partial charge in [0, 0.05) is 16.3 Å². The fraction of sp³-hybridized carbons (Fsp3) is 0.0645. The largest absolute Gasteiger partial charge is 0.350 e. The maximum absolute atomic E-state index is 13.6. The van der Waals surface area contributed by atoms with E-state index in [-0.39, 0.29) is 16.5 Å². The SMILES string of the molecule is Cc1ccc(NC2=C(Sc3cccc(NC(=O)c4ccccc4Cl)c3)C(=O)N(c3ccc(C)cc3)C2=O)cc1. The van der Waals surface area contributed by atoms with Crippen molar-refractivity contribution in [2.45, 2.75) is 18.7 Å². The number of amides is 3. The van der Waals surface area contributed by atoms with Crippen molar-refractivity contribution in [2.75, 3.05) is 15.5 Å². The topological polar surface area (TPSA) is 78.5 Å². The molecule has 4 aromatic rings. The molecule has 0 spiro atoms. The third kappa shape index (κ3) is 5.74. The molecule has 6 nitrogen and oxygen atoms in total. The molecule has 0 atom stereocenters. The molecule has 39 heavy (non-hydrogen) atoms. The van der Waals surface area contributed by atoms with Gasteiger partial charge in [-0.1, -0.05) is 77.0 Å². The first kappa shape index (κ1) is 26.3. The van der Waals surface area contributed by atoms with Crippen molar-refractivity contribution in [1.82, 2.24) is 0 Å². The van der Waals surface area contributed by atoms with Crippen LogP contribution >= 0.6 is 23.4 Å². The van der Waals surface area contributed by atoms with Crippen LogP contribution in [0.2, 0.25) is 5.02 Å². The Morgan fingerprint density at radius 3 is 2.13 bits per heavy atom. The zero-order valence-electron chi connectivity index (χ0n) is 21.2. The summed E-state index contributed by atoms with van der Waals surface area (Å²) in [5.41, 5.74) is 4.38. The highest BCUT2D eigenvalue weighted by molar-refractivity contribution is 8.04. The van der Waals surface area contributed by atoms with Crippen LogP contribution in [0.1, 0.15) is 21.5 Å². The number of carbonyl (C=O) groups is 3. The summed E-state index contributed by atoms with van der Waals surface area (Å²) in [5, 5.41) is 6.37. The Hall–Kier alpha value is -4.33. The van der Waals surface area contributed by atoms with Gasteiger partial charge in [-0.25, -0.2) is 4.90 Å². The Morgan fingerprint density at radius 1 is 0.769 bits per heavy atom. The smallest absolute Gasteiger partial charge is 0.283 e. The molecular weight excluding hydrogens is 530 g/mol. The van der Waals surface area contributed by atoms with E-state index in [0.29, 0.717) is 32.5 Å². The Morgan fingerprint density at radius 2 is 1.44 bits per heavy atom. The maximum atomic E-state index is 13.6. The lowest BCUT2D eigenvalue weighted by Crippen LogP contribution is -2.32. The quantitative estimate of drug-likeness (QED) is 0.237. The van der Waals surface area contributed by atoms with Crippen LogP contribution in [0.15, 0.2) is 113 Å². The molecule has 0 bridgehead atoms. The summed E-state index contributed by atoms with van der Waals surface area (Å²) in [6.45, 7) is 3.92. The molecule has 0 aromatic heterocycles. The van der Waals surface area contributed by atoms with Crippen LogP contribution in [0.3, 0.4) is 0 Å². The van der Waals surface area contributed by atoms with Gasteiger partial charge in [-0.2, -0.15) is 0 Å². The van der Waals surface area contributed by atoms with Crippen molar-refractivity contribution >= 4 is 58.1 Å². The van der Waals surface area contributed by atoms with E-state index in [2.05, 4.69) is 10.6 Å². The van der Waals surface area contributed by atoms with Gasteiger partial charge in [0.2, 0.25) is 0 Å². The highest BCUT2D eigenvalue weighted by Crippen LogP contribution is 2.38. The molecule has 4 aromatic carbocycles. The van der Waals surface area contributed by atoms with Crippen LogP contribution in [-0.4, -0.2) is 17.7 Å². The predicted octanol–water partition coefficient (Wildman–Crippen LogP) is 7.20. The number of hydrogen-bond acceptors (Lipinski definition) is 5. The van der Waals surface area contributed by atoms with Crippen molar-refractivity contribution < 1.29 is 14.4 Å². The van der Waals surface area contributed by atoms with E-state index in [4.69, 9.17) is 11.6 Å². The van der Waals surface area contributed by atoms with E-state index in [1.807, 2.05) is 56.3 Å². The molecule has 2 N–H and O–H groups in total. The van der Waals surface area contributed by atoms with Gasteiger partial charge in [0.1, 0.15) is 10.6 Å². The Balaban J connectivity index is 1.46. The Kier molecular flexibility index (Phi) is 7.54. The fourth-order valence-corrected chi connectivity index (χ4v) is 5.23. The third-order valence-corrected chi connectivity index (χ3v) is 7.49. The van der Waals surface area contributed by atoms with Crippen molar-refractivity contribution in [1.29, 1.82) is 0 Å². The summed E-state index contributed by atoms with van der Waals surface area (Å²) in [6.07, 6.45) is 0. The van der Waals surface area contributed by atoms with Gasteiger partial charge in [-0.3, -0.25) is 14.4 Å². The Bertz CT molecular complexity index is 1620. The minimum absolute atomic E-state index is 0.194. The molecule has 5 rings (SSSR count). The molecule has 0 unspecified atom stereocenters. The van der Waals surface area contributed by atoms with Crippen LogP contribution in [0.4, 0.5) is 17.1 Å². The van der Waals surface area contributed by atoms with Crippen molar-refractivity contribution in [3.63, 3.8) is 0 Å². The second kappa shape index (κ2) is 11.2. The number of rotatable bonds is 7. The summed E-state index contributed by atoms with van der Waals surface area (Å²) < 4.78 is 0. The average molecular weight is 554 g/mol. The molecule has 194 valence electrons. The monoisotopic (exact) mass is 553 g/mol. The van der Waals surface area contributed by atoms with Crippen molar-refractivity contribution in [3.8, 4) is 0 Å². The molecule has 0 saturated heterocycles. The summed E-state index contributed by atoms with van der Waals surface area (Å²) >= 11 is 7.33. The summed E-state index contributed by atoms with van der Waals surface area (Å²) in [7, 11) is 0. The van der Waals surface area contributed by atoms with E-state index in [1.54, 1.807) is 54.6 Å². The number of halogens is 1. The number of carbonyl (C=O) groups excluding carboxylic acids is 3. The molecule has 0 aliphatic carbocycles. The predicted molar refractivity (Wildman–Crippen MR) is 157 cm³/mol. The molecular formula is C31H24ClN3O3S. The molecule has 3 amide bonds. The van der Waals surface area contributed by atoms with Crippen LogP contribution in [-0.2, 0) is 9.59 Å². The zero-order chi connectivity index (χ0) is 27.5. The first-order valence-corrected chi connectivity index (χ1v) is 13.4. The fourth-order valence-electron chi connectivity index (χ4n) is 4.02. The highest BCUT2D eigenvalue weighted by Gasteiger charge is 2.40. The van der Waals surface area contributed by atoms with Gasteiger partial charge in [0.25, 0.3) is 17.7 Å². The van der Waals surface area contributed by atoms with Gasteiger partial charge in [0.05, 0.1) is 16.3 Å². The van der Waals surface area contributed by atoms with Gasteiger partial charge in [0.15, 0.2) is 0 Å². The number of hydrogen-bond donors (Lipinski definition) is 2. The Labute approximate surface area is 235 Å². The minimum Gasteiger partial charge on any atom is -0.350 e. The first-order chi connectivity index (χ1) is 18.8. The maximum Gasteiger partial charge on any atom is 0.283 e. The van der Waals surface area contributed by atoms with Gasteiger partial charge < -0.3 is 10.6 Å². The molecule has 1 heterocycles. The van der Waals surface area contributed by atoms with Crippen molar-refractivity contribution in [2.24, 2.45) is 0 Å². The number of imide groups is 1. The number of anilines is 3. The van der Waals surface area contributed by atoms with E-state index in [1.165, 1.54) is 4.90 Å². The van der Waals surface area contributed by atoms with Crippen LogP contribution in [0.25, 0.3) is 0 Å². The number of nitrogens with one attached hydrogen (secondary N) is 2. The van der Waals surface area contributed by atoms with Crippen LogP contribution < -0.4 is 15.5 Å². The molecule has 0 saturated carbocycles. The lowest BCUT2D eigenvalue weighted by atomic mass is 10.2. The lowest BCUT2D eigenvalue weighted by Gasteiger charge is -2.15. The third-order valence-electron chi connectivity index (χ3n) is 6.08. The average Bonchev–Trinajstić information content (AvgIpc) is 3.15. The number of nitrogens with zero attached hydrogens (tertiary/aromatic N) is 1. The molecule has 0 fully saturated rings. The van der Waals surface area contributed by atoms with Gasteiger partial charge in [-0.15, -0.1) is 0 Å². The summed E-state index contributed by atoms with van der Waals surface area (Å²) in [5.74, 6) is -1.20. The van der Waals surface area contributed by atoms with E-state index in [0.717, 1.165) is 22.9 Å². The zero-order valence-corrected chi connectivity index (χ0v) is 22.8. The summed E-state index contributed by atoms with van der Waals surface area (Å²) in [6, 6.07) is 28.7. The number of benzene rings is 4. The summed E-state index contributed by atoms with van der Waals surface area (Å²) in [4.78, 5) is 42.1. The number of thioether (sulfide) groups is 1. The molecule has 0 radical (unpaired) electrons. The number of aryl methyl sites for hydroxylation is 2. The lowest BCUT2D eigenvalue weighted by molar-refractivity contribution is -0.120. The molecule has 1 aliphatic rings. The molecule has 8 heteroatoms. The van der Waals surface area contributed by atoms with Gasteiger partial charge in [-0.05, 0) is 68.4 Å². The van der Waals surface area contributed by atoms with Gasteiger partial charge >= 0.3 is 0 Å². The van der Waals surface area contributed by atoms with Crippen molar-refractivity contribution in [3.05, 3.63) is 129 Å². The normalized spacial score (nSPS) is 13.2. The minimum atomic E-state index is -0.435. The van der Waals surface area contributed by atoms with Crippen LogP contribution in [0, 0.1) is 13.8 Å². The standard InChI is InChI=1S/C31H24ClN3O3S/c1-19-10-14-21(15-11-19)33-27-28(31(38)35(30(27)37)23-16-12-20(2)13-17-23)39-24-7-5-6-22(18-24)34-29(36)25-8-3-4-9-26(25)32/h3-18,33H,1-2H3,(H,34,36). The van der Waals surface area contributed by atoms with E-state index < -0.39 is 11.8 Å². The molecule has 1 aliphatic heterocycles.